The van der Waals surface area contributed by atoms with E-state index >= 15 is 0 Å². The Morgan fingerprint density at radius 3 is 2.67 bits per heavy atom. The van der Waals surface area contributed by atoms with Crippen molar-refractivity contribution in [1.29, 1.82) is 0 Å². The van der Waals surface area contributed by atoms with Gasteiger partial charge in [-0.3, -0.25) is 9.52 Å². The number of hydrogen-bond acceptors (Lipinski definition) is 5. The van der Waals surface area contributed by atoms with Crippen LogP contribution in [0.1, 0.15) is 13.8 Å². The van der Waals surface area contributed by atoms with E-state index in [2.05, 4.69) is 11.3 Å². The first kappa shape index (κ1) is 22.0. The van der Waals surface area contributed by atoms with Gasteiger partial charge in [-0.25, -0.2) is 8.42 Å². The fraction of sp³-hybridized carbons (Fsp3) is 0.286. The summed E-state index contributed by atoms with van der Waals surface area (Å²) in [6.07, 6.45) is 1.61. The molecule has 7 nitrogen and oxygen atoms in total. The summed E-state index contributed by atoms with van der Waals surface area (Å²) in [6.45, 7) is 7.78. The van der Waals surface area contributed by atoms with E-state index in [0.717, 1.165) is 0 Å². The lowest BCUT2D eigenvalue weighted by atomic mass is 9.93. The van der Waals surface area contributed by atoms with E-state index < -0.39 is 15.4 Å². The number of fused-ring (bicyclic) bond motifs is 1. The Morgan fingerprint density at radius 2 is 2.03 bits per heavy atom. The van der Waals surface area contributed by atoms with Crippen LogP contribution in [0.4, 0.5) is 11.4 Å². The minimum atomic E-state index is -3.97. The first-order chi connectivity index (χ1) is 14.1. The molecule has 0 radical (unpaired) electrons. The smallest absolute Gasteiger partial charge is 0.263 e. The van der Waals surface area contributed by atoms with Crippen LogP contribution in [-0.2, 0) is 14.8 Å². The minimum Gasteiger partial charge on any atom is -0.497 e. The molecule has 0 fully saturated rings. The number of nitrogens with one attached hydrogen (secondary N) is 1. The molecule has 0 spiro atoms. The summed E-state index contributed by atoms with van der Waals surface area (Å²) in [4.78, 5) is 14.4. The Bertz CT molecular complexity index is 1100. The van der Waals surface area contributed by atoms with Gasteiger partial charge in [0, 0.05) is 12.6 Å². The third-order valence-corrected chi connectivity index (χ3v) is 6.52. The third kappa shape index (κ3) is 4.24. The quantitative estimate of drug-likeness (QED) is 0.670. The highest BCUT2D eigenvalue weighted by atomic mass is 35.5. The summed E-state index contributed by atoms with van der Waals surface area (Å²) in [5.74, 6) is 0.794. The third-order valence-electron chi connectivity index (χ3n) is 4.65. The van der Waals surface area contributed by atoms with Gasteiger partial charge in [0.15, 0.2) is 0 Å². The SMILES string of the molecule is C=CCN1C(=O)C(C)(C)COc2ccc(NS(=O)(=O)c3ccc(OC)cc3Cl)cc21. The number of benzene rings is 2. The molecule has 0 aliphatic carbocycles. The zero-order valence-corrected chi connectivity index (χ0v) is 18.5. The number of halogens is 1. The number of rotatable bonds is 6. The van der Waals surface area contributed by atoms with E-state index in [1.807, 2.05) is 0 Å². The van der Waals surface area contributed by atoms with Crippen LogP contribution in [0.15, 0.2) is 53.9 Å². The van der Waals surface area contributed by atoms with Gasteiger partial charge in [-0.15, -0.1) is 6.58 Å². The van der Waals surface area contributed by atoms with Crippen molar-refractivity contribution < 1.29 is 22.7 Å². The molecule has 0 atom stereocenters. The first-order valence-corrected chi connectivity index (χ1v) is 11.0. The number of hydrogen-bond donors (Lipinski definition) is 1. The molecule has 0 saturated heterocycles. The molecule has 30 heavy (non-hydrogen) atoms. The van der Waals surface area contributed by atoms with Gasteiger partial charge in [-0.05, 0) is 44.2 Å². The van der Waals surface area contributed by atoms with Gasteiger partial charge in [-0.1, -0.05) is 17.7 Å². The van der Waals surface area contributed by atoms with Gasteiger partial charge in [0.05, 0.1) is 28.9 Å². The average Bonchev–Trinajstić information content (AvgIpc) is 2.78. The number of nitrogens with zero attached hydrogens (tertiary/aromatic N) is 1. The fourth-order valence-corrected chi connectivity index (χ4v) is 4.64. The Balaban J connectivity index is 1.99. The maximum absolute atomic E-state index is 13.0. The summed E-state index contributed by atoms with van der Waals surface area (Å²) in [6, 6.07) is 9.07. The van der Waals surface area contributed by atoms with Crippen LogP contribution in [0, 0.1) is 5.41 Å². The highest BCUT2D eigenvalue weighted by molar-refractivity contribution is 7.92. The molecule has 1 amide bonds. The molecule has 1 N–H and O–H groups in total. The van der Waals surface area contributed by atoms with Crippen LogP contribution in [0.5, 0.6) is 11.5 Å². The van der Waals surface area contributed by atoms with Crippen molar-refractivity contribution in [3.05, 3.63) is 54.1 Å². The predicted octanol–water partition coefficient (Wildman–Crippen LogP) is 4.09. The van der Waals surface area contributed by atoms with Crippen molar-refractivity contribution in [1.82, 2.24) is 0 Å². The summed E-state index contributed by atoms with van der Waals surface area (Å²) >= 11 is 6.13. The van der Waals surface area contributed by atoms with Crippen LogP contribution in [0.2, 0.25) is 5.02 Å². The number of carbonyl (C=O) groups excluding carboxylic acids is 1. The van der Waals surface area contributed by atoms with Crippen molar-refractivity contribution in [3.8, 4) is 11.5 Å². The van der Waals surface area contributed by atoms with Gasteiger partial charge >= 0.3 is 0 Å². The predicted molar refractivity (Wildman–Crippen MR) is 117 cm³/mol. The topological polar surface area (TPSA) is 84.9 Å². The van der Waals surface area contributed by atoms with E-state index in [9.17, 15) is 13.2 Å². The highest BCUT2D eigenvalue weighted by Crippen LogP contribution is 2.39. The molecule has 1 aliphatic rings. The maximum Gasteiger partial charge on any atom is 0.263 e. The second kappa shape index (κ2) is 8.20. The highest BCUT2D eigenvalue weighted by Gasteiger charge is 2.37. The van der Waals surface area contributed by atoms with E-state index in [1.54, 1.807) is 38.1 Å². The van der Waals surface area contributed by atoms with E-state index in [1.165, 1.54) is 30.2 Å². The average molecular weight is 451 g/mol. The van der Waals surface area contributed by atoms with Gasteiger partial charge in [0.2, 0.25) is 5.91 Å². The number of sulfonamides is 1. The second-order valence-corrected chi connectivity index (χ2v) is 9.52. The minimum absolute atomic E-state index is 0.0326. The second-order valence-electron chi connectivity index (χ2n) is 7.46. The maximum atomic E-state index is 13.0. The standard InChI is InChI=1S/C21H23ClN2O5S/c1-5-10-24-17-11-14(6-8-18(17)29-13-21(2,3)20(24)25)23-30(26,27)19-9-7-15(28-4)12-16(19)22/h5-9,11-12,23H,1,10,13H2,2-4H3. The number of ether oxygens (including phenoxy) is 2. The summed E-state index contributed by atoms with van der Waals surface area (Å²) in [5.41, 5.74) is -0.00416. The molecule has 9 heteroatoms. The van der Waals surface area contributed by atoms with Crippen LogP contribution in [-0.4, -0.2) is 34.6 Å². The Kier molecular flexibility index (Phi) is 6.01. The Labute approximate surface area is 181 Å². The molecular formula is C21H23ClN2O5S. The number of anilines is 2. The number of carbonyl (C=O) groups is 1. The molecule has 0 unspecified atom stereocenters. The molecule has 3 rings (SSSR count). The lowest BCUT2D eigenvalue weighted by molar-refractivity contribution is -0.127. The molecule has 0 aromatic heterocycles. The van der Waals surface area contributed by atoms with Crippen molar-refractivity contribution in [2.45, 2.75) is 18.7 Å². The van der Waals surface area contributed by atoms with Crippen LogP contribution in [0.25, 0.3) is 0 Å². The van der Waals surface area contributed by atoms with Crippen LogP contribution in [0.3, 0.4) is 0 Å². The number of amides is 1. The molecule has 0 saturated carbocycles. The Hall–Kier alpha value is -2.71. The van der Waals surface area contributed by atoms with E-state index in [0.29, 0.717) is 17.2 Å². The molecule has 2 aromatic carbocycles. The number of methoxy groups -OCH3 is 1. The summed E-state index contributed by atoms with van der Waals surface area (Å²) in [7, 11) is -2.51. The molecule has 1 heterocycles. The molecule has 1 aliphatic heterocycles. The zero-order valence-electron chi connectivity index (χ0n) is 16.9. The molecule has 160 valence electrons. The normalized spacial score (nSPS) is 15.6. The zero-order chi connectivity index (χ0) is 22.1. The van der Waals surface area contributed by atoms with E-state index in [4.69, 9.17) is 21.1 Å². The van der Waals surface area contributed by atoms with Crippen molar-refractivity contribution in [3.63, 3.8) is 0 Å². The van der Waals surface area contributed by atoms with E-state index in [-0.39, 0.29) is 34.7 Å². The van der Waals surface area contributed by atoms with Gasteiger partial charge in [0.25, 0.3) is 10.0 Å². The monoisotopic (exact) mass is 450 g/mol. The molecule has 0 bridgehead atoms. The van der Waals surface area contributed by atoms with Crippen LogP contribution >= 0.6 is 11.6 Å². The van der Waals surface area contributed by atoms with Crippen molar-refractivity contribution >= 4 is 38.9 Å². The first-order valence-electron chi connectivity index (χ1n) is 9.15. The van der Waals surface area contributed by atoms with Gasteiger partial charge in [-0.2, -0.15) is 0 Å². The molecular weight excluding hydrogens is 428 g/mol. The summed E-state index contributed by atoms with van der Waals surface area (Å²) < 4.78 is 39.1. The van der Waals surface area contributed by atoms with Crippen molar-refractivity contribution in [2.75, 3.05) is 29.9 Å². The Morgan fingerprint density at radius 1 is 1.30 bits per heavy atom. The fourth-order valence-electron chi connectivity index (χ4n) is 3.06. The lowest BCUT2D eigenvalue weighted by Gasteiger charge is -2.27. The summed E-state index contributed by atoms with van der Waals surface area (Å²) in [5, 5.41) is 0.0326. The van der Waals surface area contributed by atoms with Crippen molar-refractivity contribution in [2.24, 2.45) is 5.41 Å². The largest absolute Gasteiger partial charge is 0.497 e. The lowest BCUT2D eigenvalue weighted by Crippen LogP contribution is -2.42. The van der Waals surface area contributed by atoms with Gasteiger partial charge < -0.3 is 14.4 Å². The molecule has 2 aromatic rings. The van der Waals surface area contributed by atoms with Gasteiger partial charge in [0.1, 0.15) is 23.0 Å². The van der Waals surface area contributed by atoms with Crippen LogP contribution < -0.4 is 19.1 Å².